The van der Waals surface area contributed by atoms with Gasteiger partial charge in [-0.3, -0.25) is 0 Å². The van der Waals surface area contributed by atoms with Crippen LogP contribution in [0.1, 0.15) is 11.1 Å². The number of nitrogens with zero attached hydrogens (tertiary/aromatic N) is 1. The van der Waals surface area contributed by atoms with E-state index in [2.05, 4.69) is 14.7 Å². The van der Waals surface area contributed by atoms with E-state index in [1.165, 1.54) is 24.5 Å². The lowest BCUT2D eigenvalue weighted by atomic mass is 10.1. The molecule has 19 heavy (non-hydrogen) atoms. The lowest BCUT2D eigenvalue weighted by Gasteiger charge is -2.08. The number of hydrogen-bond acceptors (Lipinski definition) is 4. The average molecular weight is 296 g/mol. The van der Waals surface area contributed by atoms with Crippen LogP contribution < -0.4 is 10.5 Å². The van der Waals surface area contributed by atoms with Crippen molar-refractivity contribution in [3.63, 3.8) is 0 Å². The molecule has 8 heteroatoms. The van der Waals surface area contributed by atoms with E-state index in [1.807, 2.05) is 0 Å². The molecule has 0 aliphatic rings. The predicted molar refractivity (Wildman–Crippen MR) is 76.5 cm³/mol. The SMILES string of the molecule is Cc1cc(S(=O)(=O)Nc2ncc[nH]2)ccc1C(N)=S. The Morgan fingerprint density at radius 1 is 1.47 bits per heavy atom. The molecule has 1 heterocycles. The Labute approximate surface area is 116 Å². The Hall–Kier alpha value is -1.93. The number of H-pyrrole nitrogens is 1. The highest BCUT2D eigenvalue weighted by molar-refractivity contribution is 7.92. The van der Waals surface area contributed by atoms with Gasteiger partial charge in [0.25, 0.3) is 10.0 Å². The summed E-state index contributed by atoms with van der Waals surface area (Å²) in [6, 6.07) is 4.56. The zero-order chi connectivity index (χ0) is 14.0. The number of thiocarbonyl (C=S) groups is 1. The molecule has 0 aliphatic heterocycles. The molecule has 0 unspecified atom stereocenters. The molecule has 1 aromatic heterocycles. The fourth-order valence-electron chi connectivity index (χ4n) is 1.59. The summed E-state index contributed by atoms with van der Waals surface area (Å²) in [5.41, 5.74) is 6.90. The van der Waals surface area contributed by atoms with Gasteiger partial charge in [-0.15, -0.1) is 0 Å². The molecule has 0 aliphatic carbocycles. The van der Waals surface area contributed by atoms with E-state index in [9.17, 15) is 8.42 Å². The standard InChI is InChI=1S/C11H12N4O2S2/c1-7-6-8(2-3-9(7)10(12)18)19(16,17)15-11-13-4-5-14-11/h2-6H,1H3,(H2,12,18)(H2,13,14,15). The van der Waals surface area contributed by atoms with Crippen LogP contribution in [-0.2, 0) is 10.0 Å². The van der Waals surface area contributed by atoms with E-state index in [0.717, 1.165) is 0 Å². The fourth-order valence-corrected chi connectivity index (χ4v) is 2.88. The van der Waals surface area contributed by atoms with Gasteiger partial charge in [0.15, 0.2) is 0 Å². The van der Waals surface area contributed by atoms with Gasteiger partial charge < -0.3 is 10.7 Å². The monoisotopic (exact) mass is 296 g/mol. The van der Waals surface area contributed by atoms with Crippen molar-refractivity contribution in [2.45, 2.75) is 11.8 Å². The van der Waals surface area contributed by atoms with Crippen molar-refractivity contribution in [2.75, 3.05) is 4.72 Å². The smallest absolute Gasteiger partial charge is 0.264 e. The number of aromatic nitrogens is 2. The average Bonchev–Trinajstić information content (AvgIpc) is 2.80. The van der Waals surface area contributed by atoms with Crippen molar-refractivity contribution in [3.8, 4) is 0 Å². The van der Waals surface area contributed by atoms with Gasteiger partial charge >= 0.3 is 0 Å². The summed E-state index contributed by atoms with van der Waals surface area (Å²) in [5.74, 6) is 0.163. The first-order valence-corrected chi connectivity index (χ1v) is 7.22. The molecule has 4 N–H and O–H groups in total. The molecule has 0 spiro atoms. The lowest BCUT2D eigenvalue weighted by molar-refractivity contribution is 0.601. The van der Waals surface area contributed by atoms with Gasteiger partial charge in [0.2, 0.25) is 5.95 Å². The summed E-state index contributed by atoms with van der Waals surface area (Å²) < 4.78 is 26.5. The zero-order valence-corrected chi connectivity index (χ0v) is 11.7. The van der Waals surface area contributed by atoms with Crippen LogP contribution in [0, 0.1) is 6.92 Å². The fraction of sp³-hybridized carbons (Fsp3) is 0.0909. The topological polar surface area (TPSA) is 101 Å². The molecule has 100 valence electrons. The number of imidazole rings is 1. The second kappa shape index (κ2) is 4.98. The van der Waals surface area contributed by atoms with Crippen LogP contribution in [0.4, 0.5) is 5.95 Å². The van der Waals surface area contributed by atoms with Crippen molar-refractivity contribution >= 4 is 33.2 Å². The molecule has 1 aromatic carbocycles. The van der Waals surface area contributed by atoms with Crippen molar-refractivity contribution < 1.29 is 8.42 Å². The molecule has 2 rings (SSSR count). The number of nitrogens with one attached hydrogen (secondary N) is 2. The van der Waals surface area contributed by atoms with Crippen molar-refractivity contribution in [3.05, 3.63) is 41.7 Å². The summed E-state index contributed by atoms with van der Waals surface area (Å²) in [6.07, 6.45) is 2.98. The minimum Gasteiger partial charge on any atom is -0.389 e. The van der Waals surface area contributed by atoms with Gasteiger partial charge in [-0.25, -0.2) is 18.1 Å². The Morgan fingerprint density at radius 2 is 2.21 bits per heavy atom. The maximum atomic E-state index is 12.1. The van der Waals surface area contributed by atoms with Crippen molar-refractivity contribution in [1.29, 1.82) is 0 Å². The number of aryl methyl sites for hydroxylation is 1. The first-order valence-electron chi connectivity index (χ1n) is 5.33. The maximum Gasteiger partial charge on any atom is 0.264 e. The third-order valence-electron chi connectivity index (χ3n) is 2.50. The molecule has 2 aromatic rings. The summed E-state index contributed by atoms with van der Waals surface area (Å²) in [6.45, 7) is 1.75. The number of benzene rings is 1. The largest absolute Gasteiger partial charge is 0.389 e. The summed E-state index contributed by atoms with van der Waals surface area (Å²) in [4.78, 5) is 6.84. The Morgan fingerprint density at radius 3 is 2.74 bits per heavy atom. The molecule has 6 nitrogen and oxygen atoms in total. The molecule has 0 radical (unpaired) electrons. The van der Waals surface area contributed by atoms with Crippen LogP contribution in [0.3, 0.4) is 0 Å². The highest BCUT2D eigenvalue weighted by Gasteiger charge is 2.16. The highest BCUT2D eigenvalue weighted by Crippen LogP contribution is 2.17. The zero-order valence-electron chi connectivity index (χ0n) is 10.0. The second-order valence-corrected chi connectivity index (χ2v) is 6.01. The summed E-state index contributed by atoms with van der Waals surface area (Å²) in [7, 11) is -3.68. The quantitative estimate of drug-likeness (QED) is 0.735. The van der Waals surface area contributed by atoms with E-state index in [4.69, 9.17) is 18.0 Å². The normalized spacial score (nSPS) is 11.2. The van der Waals surface area contributed by atoms with E-state index in [0.29, 0.717) is 11.1 Å². The number of hydrogen-bond donors (Lipinski definition) is 3. The van der Waals surface area contributed by atoms with Crippen LogP contribution in [-0.4, -0.2) is 23.4 Å². The van der Waals surface area contributed by atoms with E-state index < -0.39 is 10.0 Å². The van der Waals surface area contributed by atoms with Crippen LogP contribution in [0.2, 0.25) is 0 Å². The molecule has 0 bridgehead atoms. The number of rotatable bonds is 4. The van der Waals surface area contributed by atoms with E-state index in [-0.39, 0.29) is 15.8 Å². The van der Waals surface area contributed by atoms with E-state index in [1.54, 1.807) is 13.0 Å². The number of nitrogens with two attached hydrogens (primary N) is 1. The number of anilines is 1. The summed E-state index contributed by atoms with van der Waals surface area (Å²) >= 11 is 4.88. The maximum absolute atomic E-state index is 12.1. The van der Waals surface area contributed by atoms with Gasteiger partial charge in [-0.1, -0.05) is 18.3 Å². The predicted octanol–water partition coefficient (Wildman–Crippen LogP) is 1.15. The van der Waals surface area contributed by atoms with Crippen LogP contribution in [0.5, 0.6) is 0 Å². The van der Waals surface area contributed by atoms with Crippen LogP contribution >= 0.6 is 12.2 Å². The lowest BCUT2D eigenvalue weighted by Crippen LogP contribution is -2.16. The molecule has 0 amide bonds. The van der Waals surface area contributed by atoms with Crippen molar-refractivity contribution in [1.82, 2.24) is 9.97 Å². The second-order valence-electron chi connectivity index (χ2n) is 3.88. The molecule has 0 saturated heterocycles. The number of aromatic amines is 1. The Balaban J connectivity index is 2.36. The minimum atomic E-state index is -3.68. The first-order chi connectivity index (χ1) is 8.90. The molecule has 0 fully saturated rings. The van der Waals surface area contributed by atoms with Gasteiger partial charge in [0.1, 0.15) is 4.99 Å². The third-order valence-corrected chi connectivity index (χ3v) is 4.06. The minimum absolute atomic E-state index is 0.126. The molecule has 0 saturated carbocycles. The van der Waals surface area contributed by atoms with Crippen LogP contribution in [0.15, 0.2) is 35.5 Å². The molecular weight excluding hydrogens is 284 g/mol. The third kappa shape index (κ3) is 2.91. The Kier molecular flexibility index (Phi) is 3.54. The van der Waals surface area contributed by atoms with Gasteiger partial charge in [0.05, 0.1) is 4.90 Å². The highest BCUT2D eigenvalue weighted by atomic mass is 32.2. The first kappa shape index (κ1) is 13.5. The molecule has 0 atom stereocenters. The summed E-state index contributed by atoms with van der Waals surface area (Å²) in [5, 5.41) is 0. The molecular formula is C11H12N4O2S2. The van der Waals surface area contributed by atoms with Crippen LogP contribution in [0.25, 0.3) is 0 Å². The van der Waals surface area contributed by atoms with Gasteiger partial charge in [-0.2, -0.15) is 0 Å². The number of sulfonamides is 1. The van der Waals surface area contributed by atoms with Crippen molar-refractivity contribution in [2.24, 2.45) is 5.73 Å². The van der Waals surface area contributed by atoms with Gasteiger partial charge in [0, 0.05) is 18.0 Å². The Bertz CT molecular complexity index is 708. The van der Waals surface area contributed by atoms with Gasteiger partial charge in [-0.05, 0) is 24.6 Å². The van der Waals surface area contributed by atoms with E-state index >= 15 is 0 Å².